The topological polar surface area (TPSA) is 89.0 Å². The van der Waals surface area contributed by atoms with Gasteiger partial charge < -0.3 is 14.8 Å². The number of carbonyl (C=O) groups excluding carboxylic acids is 2. The van der Waals surface area contributed by atoms with Gasteiger partial charge in [-0.25, -0.2) is 5.43 Å². The summed E-state index contributed by atoms with van der Waals surface area (Å²) in [6.07, 6.45) is 3.21. The summed E-state index contributed by atoms with van der Waals surface area (Å²) in [6.45, 7) is 0.137. The molecule has 190 valence electrons. The van der Waals surface area contributed by atoms with Crippen LogP contribution in [0, 0.1) is 0 Å². The lowest BCUT2D eigenvalue weighted by Crippen LogP contribution is -2.32. The van der Waals surface area contributed by atoms with Gasteiger partial charge in [-0.15, -0.1) is 0 Å². The minimum atomic E-state index is -0.572. The summed E-state index contributed by atoms with van der Waals surface area (Å²) in [4.78, 5) is 26.2. The molecule has 2 amide bonds. The Labute approximate surface area is 224 Å². The van der Waals surface area contributed by atoms with Crippen LogP contribution in [0.4, 0.5) is 0 Å². The van der Waals surface area contributed by atoms with Crippen LogP contribution in [0.2, 0.25) is 0 Å². The van der Waals surface area contributed by atoms with Crippen molar-refractivity contribution in [1.82, 2.24) is 10.7 Å². The van der Waals surface area contributed by atoms with Gasteiger partial charge in [-0.05, 0) is 63.5 Å². The van der Waals surface area contributed by atoms with Crippen LogP contribution in [0.1, 0.15) is 21.5 Å². The fraction of sp³-hybridized carbons (Fsp3) is 0.0312. The van der Waals surface area contributed by atoms with Crippen molar-refractivity contribution in [2.45, 2.75) is 0 Å². The van der Waals surface area contributed by atoms with Gasteiger partial charge in [0.25, 0.3) is 11.8 Å². The van der Waals surface area contributed by atoms with E-state index in [2.05, 4.69) is 21.9 Å². The van der Waals surface area contributed by atoms with E-state index in [0.29, 0.717) is 22.6 Å². The Morgan fingerprint density at radius 1 is 0.744 bits per heavy atom. The van der Waals surface area contributed by atoms with Crippen molar-refractivity contribution < 1.29 is 19.1 Å². The average Bonchev–Trinajstić information content (AvgIpc) is 3.45. The maximum absolute atomic E-state index is 13.3. The molecule has 6 rings (SSSR count). The Balaban J connectivity index is 1.31. The first-order valence-corrected chi connectivity index (χ1v) is 12.4. The molecule has 1 heterocycles. The van der Waals surface area contributed by atoms with Crippen LogP contribution >= 0.6 is 0 Å². The lowest BCUT2D eigenvalue weighted by atomic mass is 9.97. The van der Waals surface area contributed by atoms with Gasteiger partial charge in [0.15, 0.2) is 11.5 Å². The highest BCUT2D eigenvalue weighted by Gasteiger charge is 2.17. The third-order valence-corrected chi connectivity index (χ3v) is 6.41. The zero-order chi connectivity index (χ0) is 26.6. The van der Waals surface area contributed by atoms with E-state index in [-0.39, 0.29) is 12.5 Å². The number of carbonyl (C=O) groups is 2. The fourth-order valence-electron chi connectivity index (χ4n) is 4.52. The smallest absolute Gasteiger partial charge is 0.287 e. The third kappa shape index (κ3) is 5.06. The molecule has 0 fully saturated rings. The van der Waals surface area contributed by atoms with Crippen molar-refractivity contribution >= 4 is 45.6 Å². The molecule has 39 heavy (non-hydrogen) atoms. The zero-order valence-electron chi connectivity index (χ0n) is 20.8. The summed E-state index contributed by atoms with van der Waals surface area (Å²) in [5.41, 5.74) is 4.58. The number of amides is 2. The quantitative estimate of drug-likeness (QED) is 0.133. The van der Waals surface area contributed by atoms with E-state index in [1.54, 1.807) is 54.8 Å². The maximum Gasteiger partial charge on any atom is 0.287 e. The van der Waals surface area contributed by atoms with Crippen LogP contribution in [0.15, 0.2) is 114 Å². The minimum Gasteiger partial charge on any atom is -0.454 e. The number of nitrogens with one attached hydrogen (secondary N) is 2. The number of fused-ring (bicyclic) bond motifs is 3. The Hall–Kier alpha value is -5.43. The van der Waals surface area contributed by atoms with Gasteiger partial charge in [0, 0.05) is 11.1 Å². The first kappa shape index (κ1) is 23.9. The highest BCUT2D eigenvalue weighted by Crippen LogP contribution is 2.33. The van der Waals surface area contributed by atoms with E-state index in [0.717, 1.165) is 27.1 Å². The first-order valence-electron chi connectivity index (χ1n) is 12.4. The van der Waals surface area contributed by atoms with Crippen molar-refractivity contribution in [3.63, 3.8) is 0 Å². The molecule has 0 aromatic heterocycles. The second-order valence-corrected chi connectivity index (χ2v) is 8.92. The van der Waals surface area contributed by atoms with Crippen LogP contribution < -0.4 is 20.2 Å². The second-order valence-electron chi connectivity index (χ2n) is 8.92. The molecule has 0 unspecified atom stereocenters. The van der Waals surface area contributed by atoms with Crippen LogP contribution in [0.5, 0.6) is 11.5 Å². The summed E-state index contributed by atoms with van der Waals surface area (Å²) in [5.74, 6) is 0.205. The maximum atomic E-state index is 13.3. The third-order valence-electron chi connectivity index (χ3n) is 6.41. The number of hydrazone groups is 1. The normalized spacial score (nSPS) is 12.7. The summed E-state index contributed by atoms with van der Waals surface area (Å²) in [5, 5.41) is 11.2. The van der Waals surface area contributed by atoms with Crippen molar-refractivity contribution in [2.24, 2.45) is 5.10 Å². The molecule has 1 aliphatic heterocycles. The van der Waals surface area contributed by atoms with Gasteiger partial charge in [-0.3, -0.25) is 9.59 Å². The molecule has 0 atom stereocenters. The molecule has 7 nitrogen and oxygen atoms in total. The average molecular weight is 514 g/mol. The first-order chi connectivity index (χ1) is 19.2. The molecular formula is C32H23N3O4. The molecular weight excluding hydrogens is 490 g/mol. The number of hydrogen-bond donors (Lipinski definition) is 2. The number of hydrogen-bond acceptors (Lipinski definition) is 5. The van der Waals surface area contributed by atoms with Gasteiger partial charge >= 0.3 is 0 Å². The van der Waals surface area contributed by atoms with Crippen molar-refractivity contribution in [3.05, 3.63) is 126 Å². The molecule has 7 heteroatoms. The predicted octanol–water partition coefficient (Wildman–Crippen LogP) is 5.64. The highest BCUT2D eigenvalue weighted by molar-refractivity contribution is 6.13. The van der Waals surface area contributed by atoms with Crippen molar-refractivity contribution in [1.29, 1.82) is 0 Å². The number of rotatable bonds is 6. The van der Waals surface area contributed by atoms with E-state index in [1.165, 1.54) is 0 Å². The Bertz CT molecular complexity index is 1720. The number of nitrogens with zero attached hydrogens (tertiary/aromatic N) is 1. The molecule has 0 spiro atoms. The van der Waals surface area contributed by atoms with Gasteiger partial charge in [-0.2, -0.15) is 5.10 Å². The molecule has 0 aliphatic carbocycles. The lowest BCUT2D eigenvalue weighted by molar-refractivity contribution is -0.117. The van der Waals surface area contributed by atoms with Gasteiger partial charge in [0.2, 0.25) is 6.79 Å². The molecule has 0 bridgehead atoms. The van der Waals surface area contributed by atoms with Crippen LogP contribution in [-0.2, 0) is 4.79 Å². The number of ether oxygens (including phenoxy) is 2. The Kier molecular flexibility index (Phi) is 6.45. The molecule has 2 N–H and O–H groups in total. The highest BCUT2D eigenvalue weighted by atomic mass is 16.7. The largest absolute Gasteiger partial charge is 0.454 e. The minimum absolute atomic E-state index is 0.0302. The van der Waals surface area contributed by atoms with Gasteiger partial charge in [-0.1, -0.05) is 72.8 Å². The summed E-state index contributed by atoms with van der Waals surface area (Å²) in [6, 6.07) is 32.2. The summed E-state index contributed by atoms with van der Waals surface area (Å²) < 4.78 is 10.8. The van der Waals surface area contributed by atoms with Gasteiger partial charge in [0.05, 0.1) is 6.21 Å². The second kappa shape index (κ2) is 10.5. The van der Waals surface area contributed by atoms with E-state index < -0.39 is 11.8 Å². The molecule has 0 saturated carbocycles. The Morgan fingerprint density at radius 2 is 1.41 bits per heavy atom. The molecule has 5 aromatic rings. The SMILES string of the molecule is O=C(NN=Cc1c2ccccc2cc2ccccc12)C(=Cc1ccc2c(c1)OCO2)NC(=O)c1ccccc1. The summed E-state index contributed by atoms with van der Waals surface area (Å²) >= 11 is 0. The lowest BCUT2D eigenvalue weighted by Gasteiger charge is -2.10. The van der Waals surface area contributed by atoms with E-state index in [9.17, 15) is 9.59 Å². The number of benzene rings is 5. The van der Waals surface area contributed by atoms with Crippen molar-refractivity contribution in [3.8, 4) is 11.5 Å². The van der Waals surface area contributed by atoms with E-state index >= 15 is 0 Å². The van der Waals surface area contributed by atoms with Crippen LogP contribution in [0.25, 0.3) is 27.6 Å². The van der Waals surface area contributed by atoms with Crippen molar-refractivity contribution in [2.75, 3.05) is 6.79 Å². The Morgan fingerprint density at radius 3 is 2.15 bits per heavy atom. The van der Waals surface area contributed by atoms with E-state index in [1.807, 2.05) is 54.6 Å². The fourth-order valence-corrected chi connectivity index (χ4v) is 4.52. The van der Waals surface area contributed by atoms with Crippen LogP contribution in [-0.4, -0.2) is 24.8 Å². The molecule has 0 saturated heterocycles. The molecule has 0 radical (unpaired) electrons. The molecule has 1 aliphatic rings. The standard InChI is InChI=1S/C32H23N3O4/c36-31(22-8-2-1-3-9-22)34-28(16-21-14-15-29-30(17-21)39-20-38-29)32(37)35-33-19-27-25-12-6-4-10-23(25)18-24-11-5-7-13-26(24)27/h1-19H,20H2,(H,34,36)(H,35,37). The summed E-state index contributed by atoms with van der Waals surface area (Å²) in [7, 11) is 0. The van der Waals surface area contributed by atoms with Crippen LogP contribution in [0.3, 0.4) is 0 Å². The zero-order valence-corrected chi connectivity index (χ0v) is 20.8. The monoisotopic (exact) mass is 513 g/mol. The predicted molar refractivity (Wildman–Crippen MR) is 152 cm³/mol. The van der Waals surface area contributed by atoms with Gasteiger partial charge in [0.1, 0.15) is 5.70 Å². The van der Waals surface area contributed by atoms with E-state index in [4.69, 9.17) is 9.47 Å². The molecule has 5 aromatic carbocycles.